The van der Waals surface area contributed by atoms with E-state index in [0.717, 1.165) is 31.6 Å². The van der Waals surface area contributed by atoms with E-state index in [9.17, 15) is 0 Å². The SMILES string of the molecule is [CH2]CCCc1ccccc1OCC. The Hall–Kier alpha value is -0.980. The summed E-state index contributed by atoms with van der Waals surface area (Å²) in [4.78, 5) is 0. The van der Waals surface area contributed by atoms with E-state index in [4.69, 9.17) is 4.74 Å². The van der Waals surface area contributed by atoms with Crippen molar-refractivity contribution < 1.29 is 4.74 Å². The highest BCUT2D eigenvalue weighted by molar-refractivity contribution is 5.33. The van der Waals surface area contributed by atoms with Crippen molar-refractivity contribution in [3.63, 3.8) is 0 Å². The molecule has 0 saturated heterocycles. The minimum atomic E-state index is 0.737. The van der Waals surface area contributed by atoms with E-state index < -0.39 is 0 Å². The molecule has 0 fully saturated rings. The summed E-state index contributed by atoms with van der Waals surface area (Å²) in [5.41, 5.74) is 1.30. The Morgan fingerprint density at radius 1 is 1.31 bits per heavy atom. The molecule has 0 aliphatic heterocycles. The molecule has 0 aliphatic rings. The first-order valence-corrected chi connectivity index (χ1v) is 4.88. The van der Waals surface area contributed by atoms with Crippen molar-refractivity contribution in [2.75, 3.05) is 6.61 Å². The average Bonchev–Trinajstić information content (AvgIpc) is 2.17. The molecule has 1 aromatic rings. The summed E-state index contributed by atoms with van der Waals surface area (Å²) in [5.74, 6) is 1.03. The highest BCUT2D eigenvalue weighted by Gasteiger charge is 2.00. The van der Waals surface area contributed by atoms with Gasteiger partial charge < -0.3 is 4.74 Å². The largest absolute Gasteiger partial charge is 0.494 e. The van der Waals surface area contributed by atoms with Gasteiger partial charge >= 0.3 is 0 Å². The molecule has 0 amide bonds. The molecule has 0 bridgehead atoms. The number of hydrogen-bond acceptors (Lipinski definition) is 1. The van der Waals surface area contributed by atoms with Gasteiger partial charge in [-0.05, 0) is 31.4 Å². The summed E-state index contributed by atoms with van der Waals surface area (Å²) in [6, 6.07) is 8.22. The molecule has 1 aromatic carbocycles. The number of aryl methyl sites for hydroxylation is 1. The number of para-hydroxylation sites is 1. The molecule has 1 radical (unpaired) electrons. The van der Waals surface area contributed by atoms with Gasteiger partial charge in [0.2, 0.25) is 0 Å². The van der Waals surface area contributed by atoms with Gasteiger partial charge in [-0.1, -0.05) is 31.5 Å². The highest BCUT2D eigenvalue weighted by atomic mass is 16.5. The number of unbranched alkanes of at least 4 members (excludes halogenated alkanes) is 1. The summed E-state index contributed by atoms with van der Waals surface area (Å²) in [5, 5.41) is 0. The van der Waals surface area contributed by atoms with Gasteiger partial charge in [0.1, 0.15) is 5.75 Å². The molecule has 0 aromatic heterocycles. The standard InChI is InChI=1S/C12H17O/c1-3-5-8-11-9-6-7-10-12(11)13-4-2/h6-7,9-10H,1,3-5,8H2,2H3. The molecule has 1 rings (SSSR count). The summed E-state index contributed by atoms with van der Waals surface area (Å²) >= 11 is 0. The van der Waals surface area contributed by atoms with E-state index in [0.29, 0.717) is 0 Å². The predicted molar refractivity (Wildman–Crippen MR) is 55.9 cm³/mol. The zero-order chi connectivity index (χ0) is 9.52. The zero-order valence-corrected chi connectivity index (χ0v) is 8.25. The second-order valence-corrected chi connectivity index (χ2v) is 3.00. The first-order valence-electron chi connectivity index (χ1n) is 4.88. The van der Waals surface area contributed by atoms with Gasteiger partial charge in [-0.3, -0.25) is 0 Å². The van der Waals surface area contributed by atoms with Crippen LogP contribution < -0.4 is 4.74 Å². The molecule has 0 unspecified atom stereocenters. The first-order chi connectivity index (χ1) is 6.38. The molecule has 1 heteroatoms. The lowest BCUT2D eigenvalue weighted by atomic mass is 10.1. The third-order valence-corrected chi connectivity index (χ3v) is 1.97. The molecule has 0 saturated carbocycles. The van der Waals surface area contributed by atoms with Crippen LogP contribution in [0.25, 0.3) is 0 Å². The van der Waals surface area contributed by atoms with Gasteiger partial charge in [0.15, 0.2) is 0 Å². The van der Waals surface area contributed by atoms with Crippen molar-refractivity contribution in [3.8, 4) is 5.75 Å². The molecule has 71 valence electrons. The van der Waals surface area contributed by atoms with Gasteiger partial charge in [-0.2, -0.15) is 0 Å². The Bertz CT molecular complexity index is 243. The maximum Gasteiger partial charge on any atom is 0.122 e. The van der Waals surface area contributed by atoms with Crippen LogP contribution in [-0.4, -0.2) is 6.61 Å². The van der Waals surface area contributed by atoms with Crippen LogP contribution in [0.1, 0.15) is 25.3 Å². The quantitative estimate of drug-likeness (QED) is 0.671. The Morgan fingerprint density at radius 2 is 2.08 bits per heavy atom. The van der Waals surface area contributed by atoms with E-state index in [1.807, 2.05) is 19.1 Å². The molecule has 0 aliphatic carbocycles. The van der Waals surface area contributed by atoms with Gasteiger partial charge in [0.25, 0.3) is 0 Å². The fraction of sp³-hybridized carbons (Fsp3) is 0.417. The van der Waals surface area contributed by atoms with E-state index in [2.05, 4.69) is 19.1 Å². The van der Waals surface area contributed by atoms with Crippen LogP contribution in [0, 0.1) is 6.92 Å². The zero-order valence-electron chi connectivity index (χ0n) is 8.25. The second-order valence-electron chi connectivity index (χ2n) is 3.00. The molecular formula is C12H17O. The van der Waals surface area contributed by atoms with Crippen molar-refractivity contribution in [3.05, 3.63) is 36.8 Å². The van der Waals surface area contributed by atoms with Crippen LogP contribution >= 0.6 is 0 Å². The summed E-state index contributed by atoms with van der Waals surface area (Å²) in [6.07, 6.45) is 3.18. The van der Waals surface area contributed by atoms with Crippen LogP contribution in [0.3, 0.4) is 0 Å². The predicted octanol–water partition coefficient (Wildman–Crippen LogP) is 3.24. The van der Waals surface area contributed by atoms with Crippen LogP contribution in [0.4, 0.5) is 0 Å². The van der Waals surface area contributed by atoms with Crippen LogP contribution in [0.5, 0.6) is 5.75 Å². The van der Waals surface area contributed by atoms with Gasteiger partial charge in [-0.15, -0.1) is 0 Å². The van der Waals surface area contributed by atoms with Crippen molar-refractivity contribution in [1.82, 2.24) is 0 Å². The molecule has 0 atom stereocenters. The van der Waals surface area contributed by atoms with Crippen molar-refractivity contribution in [2.24, 2.45) is 0 Å². The molecular weight excluding hydrogens is 160 g/mol. The minimum absolute atomic E-state index is 0.737. The lowest BCUT2D eigenvalue weighted by Gasteiger charge is -2.08. The smallest absolute Gasteiger partial charge is 0.122 e. The number of rotatable bonds is 5. The molecule has 0 N–H and O–H groups in total. The number of benzene rings is 1. The van der Waals surface area contributed by atoms with Gasteiger partial charge in [0, 0.05) is 0 Å². The van der Waals surface area contributed by atoms with E-state index in [-0.39, 0.29) is 0 Å². The summed E-state index contributed by atoms with van der Waals surface area (Å²) < 4.78 is 5.51. The lowest BCUT2D eigenvalue weighted by molar-refractivity contribution is 0.336. The second kappa shape index (κ2) is 5.63. The third kappa shape index (κ3) is 3.10. The van der Waals surface area contributed by atoms with Crippen molar-refractivity contribution in [1.29, 1.82) is 0 Å². The number of ether oxygens (including phenoxy) is 1. The normalized spacial score (nSPS) is 10.0. The minimum Gasteiger partial charge on any atom is -0.494 e. The van der Waals surface area contributed by atoms with E-state index in [1.165, 1.54) is 5.56 Å². The van der Waals surface area contributed by atoms with E-state index >= 15 is 0 Å². The maximum absolute atomic E-state index is 5.51. The lowest BCUT2D eigenvalue weighted by Crippen LogP contribution is -1.96. The Kier molecular flexibility index (Phi) is 4.37. The first kappa shape index (κ1) is 10.1. The summed E-state index contributed by atoms with van der Waals surface area (Å²) in [6.45, 7) is 6.59. The average molecular weight is 177 g/mol. The molecule has 13 heavy (non-hydrogen) atoms. The fourth-order valence-electron chi connectivity index (χ4n) is 1.32. The maximum atomic E-state index is 5.51. The van der Waals surface area contributed by atoms with Crippen molar-refractivity contribution in [2.45, 2.75) is 26.2 Å². The van der Waals surface area contributed by atoms with Crippen molar-refractivity contribution >= 4 is 0 Å². The Balaban J connectivity index is 2.66. The molecule has 1 nitrogen and oxygen atoms in total. The van der Waals surface area contributed by atoms with E-state index in [1.54, 1.807) is 0 Å². The Labute approximate surface area is 80.7 Å². The fourth-order valence-corrected chi connectivity index (χ4v) is 1.32. The third-order valence-electron chi connectivity index (χ3n) is 1.97. The van der Waals surface area contributed by atoms with Gasteiger partial charge in [0.05, 0.1) is 6.61 Å². The topological polar surface area (TPSA) is 9.23 Å². The molecule has 0 spiro atoms. The van der Waals surface area contributed by atoms with Gasteiger partial charge in [-0.25, -0.2) is 0 Å². The highest BCUT2D eigenvalue weighted by Crippen LogP contribution is 2.19. The molecule has 0 heterocycles. The Morgan fingerprint density at radius 3 is 2.77 bits per heavy atom. The van der Waals surface area contributed by atoms with Crippen LogP contribution in [0.15, 0.2) is 24.3 Å². The van der Waals surface area contributed by atoms with Crippen LogP contribution in [-0.2, 0) is 6.42 Å². The van der Waals surface area contributed by atoms with Crippen LogP contribution in [0.2, 0.25) is 0 Å². The monoisotopic (exact) mass is 177 g/mol. The summed E-state index contributed by atoms with van der Waals surface area (Å²) in [7, 11) is 0. The number of hydrogen-bond donors (Lipinski definition) is 0.